The summed E-state index contributed by atoms with van der Waals surface area (Å²) in [6.07, 6.45) is -0.676. The Bertz CT molecular complexity index is 619. The molecule has 2 N–H and O–H groups in total. The van der Waals surface area contributed by atoms with E-state index in [1.165, 1.54) is 25.3 Å². The predicted octanol–water partition coefficient (Wildman–Crippen LogP) is 2.68. The maximum atomic E-state index is 13.4. The van der Waals surface area contributed by atoms with Crippen LogP contribution in [0.2, 0.25) is 0 Å². The van der Waals surface area contributed by atoms with Crippen molar-refractivity contribution in [3.05, 3.63) is 42.0 Å². The predicted molar refractivity (Wildman–Crippen MR) is 67.7 cm³/mol. The summed E-state index contributed by atoms with van der Waals surface area (Å²) in [5.41, 5.74) is 0.0642. The standard InChI is InChI=1S/C12H10F2N4O2/c1-20-12(19)16-11-5-4-10(17-18-11)15-9-3-2-7(13)6-8(9)14/h2-6H,1H3,(H,15,17)(H,16,18,19). The first-order chi connectivity index (χ1) is 9.58. The maximum absolute atomic E-state index is 13.4. The van der Waals surface area contributed by atoms with Crippen molar-refractivity contribution in [3.8, 4) is 0 Å². The number of nitrogens with one attached hydrogen (secondary N) is 2. The topological polar surface area (TPSA) is 76.1 Å². The van der Waals surface area contributed by atoms with Gasteiger partial charge in [-0.05, 0) is 24.3 Å². The van der Waals surface area contributed by atoms with E-state index in [0.29, 0.717) is 0 Å². The zero-order valence-electron chi connectivity index (χ0n) is 10.4. The van der Waals surface area contributed by atoms with Gasteiger partial charge in [-0.3, -0.25) is 5.32 Å². The van der Waals surface area contributed by atoms with Gasteiger partial charge < -0.3 is 10.1 Å². The summed E-state index contributed by atoms with van der Waals surface area (Å²) in [4.78, 5) is 10.9. The van der Waals surface area contributed by atoms with Crippen LogP contribution in [0, 0.1) is 11.6 Å². The van der Waals surface area contributed by atoms with Crippen molar-refractivity contribution in [2.45, 2.75) is 0 Å². The van der Waals surface area contributed by atoms with E-state index in [-0.39, 0.29) is 17.3 Å². The minimum Gasteiger partial charge on any atom is -0.453 e. The lowest BCUT2D eigenvalue weighted by Crippen LogP contribution is -2.12. The third kappa shape index (κ3) is 3.37. The molecule has 0 saturated carbocycles. The van der Waals surface area contributed by atoms with Crippen molar-refractivity contribution in [2.24, 2.45) is 0 Å². The van der Waals surface area contributed by atoms with Crippen molar-refractivity contribution in [2.75, 3.05) is 17.7 Å². The monoisotopic (exact) mass is 280 g/mol. The van der Waals surface area contributed by atoms with E-state index in [9.17, 15) is 13.6 Å². The fourth-order valence-corrected chi connectivity index (χ4v) is 1.35. The summed E-state index contributed by atoms with van der Waals surface area (Å²) in [5, 5.41) is 12.4. The number of anilines is 3. The average Bonchev–Trinajstić information content (AvgIpc) is 2.44. The molecule has 0 bridgehead atoms. The number of hydrogen-bond acceptors (Lipinski definition) is 5. The first-order valence-corrected chi connectivity index (χ1v) is 5.49. The highest BCUT2D eigenvalue weighted by molar-refractivity contribution is 5.83. The Labute approximate surface area is 112 Å². The number of methoxy groups -OCH3 is 1. The van der Waals surface area contributed by atoms with Crippen molar-refractivity contribution in [3.63, 3.8) is 0 Å². The lowest BCUT2D eigenvalue weighted by molar-refractivity contribution is 0.187. The van der Waals surface area contributed by atoms with E-state index >= 15 is 0 Å². The second kappa shape index (κ2) is 5.91. The molecule has 2 rings (SSSR count). The molecule has 0 aliphatic heterocycles. The Morgan fingerprint density at radius 2 is 1.85 bits per heavy atom. The number of ether oxygens (including phenoxy) is 1. The van der Waals surface area contributed by atoms with Gasteiger partial charge in [-0.2, -0.15) is 0 Å². The van der Waals surface area contributed by atoms with Crippen LogP contribution in [0.4, 0.5) is 30.9 Å². The Balaban J connectivity index is 2.08. The highest BCUT2D eigenvalue weighted by atomic mass is 19.1. The number of rotatable bonds is 3. The molecule has 0 aliphatic carbocycles. The van der Waals surface area contributed by atoms with Gasteiger partial charge in [-0.15, -0.1) is 10.2 Å². The molecule has 0 spiro atoms. The molecule has 1 amide bonds. The van der Waals surface area contributed by atoms with Gasteiger partial charge in [0.2, 0.25) is 0 Å². The van der Waals surface area contributed by atoms with Gasteiger partial charge in [0.25, 0.3) is 0 Å². The van der Waals surface area contributed by atoms with E-state index in [4.69, 9.17) is 0 Å². The summed E-state index contributed by atoms with van der Waals surface area (Å²) in [6, 6.07) is 6.04. The summed E-state index contributed by atoms with van der Waals surface area (Å²) >= 11 is 0. The van der Waals surface area contributed by atoms with Crippen LogP contribution in [-0.4, -0.2) is 23.4 Å². The normalized spacial score (nSPS) is 9.95. The first kappa shape index (κ1) is 13.7. The second-order valence-electron chi connectivity index (χ2n) is 3.67. The Hall–Kier alpha value is -2.77. The molecule has 0 fully saturated rings. The SMILES string of the molecule is COC(=O)Nc1ccc(Nc2ccc(F)cc2F)nn1. The van der Waals surface area contributed by atoms with Crippen LogP contribution in [0.15, 0.2) is 30.3 Å². The first-order valence-electron chi connectivity index (χ1n) is 5.49. The average molecular weight is 280 g/mol. The molecule has 1 aromatic heterocycles. The van der Waals surface area contributed by atoms with E-state index < -0.39 is 17.7 Å². The van der Waals surface area contributed by atoms with Crippen LogP contribution >= 0.6 is 0 Å². The molecule has 0 saturated heterocycles. The number of carbonyl (C=O) groups is 1. The van der Waals surface area contributed by atoms with Gasteiger partial charge in [0.05, 0.1) is 12.8 Å². The third-order valence-electron chi connectivity index (χ3n) is 2.27. The molecule has 20 heavy (non-hydrogen) atoms. The molecule has 0 atom stereocenters. The number of benzene rings is 1. The van der Waals surface area contributed by atoms with Gasteiger partial charge in [-0.25, -0.2) is 13.6 Å². The summed E-state index contributed by atoms with van der Waals surface area (Å²) in [5.74, 6) is -0.992. The van der Waals surface area contributed by atoms with E-state index in [1.807, 2.05) is 0 Å². The second-order valence-corrected chi connectivity index (χ2v) is 3.67. The van der Waals surface area contributed by atoms with Crippen molar-refractivity contribution < 1.29 is 18.3 Å². The lowest BCUT2D eigenvalue weighted by atomic mass is 10.3. The minimum atomic E-state index is -0.747. The number of amides is 1. The molecule has 0 aliphatic rings. The molecule has 6 nitrogen and oxygen atoms in total. The van der Waals surface area contributed by atoms with Crippen molar-refractivity contribution in [1.29, 1.82) is 0 Å². The fraction of sp³-hybridized carbons (Fsp3) is 0.0833. The Morgan fingerprint density at radius 3 is 2.45 bits per heavy atom. The number of halogens is 2. The van der Waals surface area contributed by atoms with Gasteiger partial charge >= 0.3 is 6.09 Å². The molecule has 2 aromatic rings. The van der Waals surface area contributed by atoms with Crippen LogP contribution in [0.1, 0.15) is 0 Å². The highest BCUT2D eigenvalue weighted by Gasteiger charge is 2.06. The zero-order valence-corrected chi connectivity index (χ0v) is 10.4. The Morgan fingerprint density at radius 1 is 1.15 bits per heavy atom. The Kier molecular flexibility index (Phi) is 4.04. The van der Waals surface area contributed by atoms with Crippen molar-refractivity contribution in [1.82, 2.24) is 10.2 Å². The third-order valence-corrected chi connectivity index (χ3v) is 2.27. The van der Waals surface area contributed by atoms with Crippen LogP contribution in [-0.2, 0) is 4.74 Å². The lowest BCUT2D eigenvalue weighted by Gasteiger charge is -2.07. The number of carbonyl (C=O) groups excluding carboxylic acids is 1. The molecular formula is C12H10F2N4O2. The fourth-order valence-electron chi connectivity index (χ4n) is 1.35. The van der Waals surface area contributed by atoms with Gasteiger partial charge in [-0.1, -0.05) is 0 Å². The highest BCUT2D eigenvalue weighted by Crippen LogP contribution is 2.19. The minimum absolute atomic E-state index is 0.0642. The van der Waals surface area contributed by atoms with E-state index in [0.717, 1.165) is 12.1 Å². The molecular weight excluding hydrogens is 270 g/mol. The molecule has 8 heteroatoms. The largest absolute Gasteiger partial charge is 0.453 e. The van der Waals surface area contributed by atoms with Gasteiger partial charge in [0.15, 0.2) is 11.6 Å². The molecule has 0 unspecified atom stereocenters. The summed E-state index contributed by atoms with van der Waals surface area (Å²) in [7, 11) is 1.22. The smallest absolute Gasteiger partial charge is 0.412 e. The van der Waals surface area contributed by atoms with Gasteiger partial charge in [0, 0.05) is 6.07 Å². The maximum Gasteiger partial charge on any atom is 0.412 e. The van der Waals surface area contributed by atoms with Crippen LogP contribution in [0.3, 0.4) is 0 Å². The molecule has 104 valence electrons. The number of hydrogen-bond donors (Lipinski definition) is 2. The molecule has 1 aromatic carbocycles. The van der Waals surface area contributed by atoms with Gasteiger partial charge in [0.1, 0.15) is 11.6 Å². The van der Waals surface area contributed by atoms with Crippen LogP contribution < -0.4 is 10.6 Å². The molecule has 0 radical (unpaired) electrons. The summed E-state index contributed by atoms with van der Waals surface area (Å²) < 4.78 is 30.5. The van der Waals surface area contributed by atoms with E-state index in [1.54, 1.807) is 0 Å². The number of aromatic nitrogens is 2. The summed E-state index contributed by atoms with van der Waals surface area (Å²) in [6.45, 7) is 0. The van der Waals surface area contributed by atoms with Crippen LogP contribution in [0.5, 0.6) is 0 Å². The molecule has 1 heterocycles. The number of nitrogens with zero attached hydrogens (tertiary/aromatic N) is 2. The van der Waals surface area contributed by atoms with E-state index in [2.05, 4.69) is 25.6 Å². The zero-order chi connectivity index (χ0) is 14.5. The van der Waals surface area contributed by atoms with Crippen LogP contribution in [0.25, 0.3) is 0 Å². The van der Waals surface area contributed by atoms with Crippen molar-refractivity contribution >= 4 is 23.4 Å². The quantitative estimate of drug-likeness (QED) is 0.904.